The molecule has 4 aromatic carbocycles. The van der Waals surface area contributed by atoms with Gasteiger partial charge in [-0.1, -0.05) is 103 Å². The summed E-state index contributed by atoms with van der Waals surface area (Å²) in [6.07, 6.45) is 0.508. The SMILES string of the molecule is C=CC(=O)OCC(COc1ccc(C(C)(C)c2ccc(OCC(O)COc3ccc(C(C)(C)c4ccc(OCC(COC(=O)C(=C)C)OC(=O)C=C)cc4)cc3)cc2)cc1)OC(=O)C=C. The second kappa shape index (κ2) is 24.1. The van der Waals surface area contributed by atoms with Gasteiger partial charge in [-0.3, -0.25) is 0 Å². The Morgan fingerprint density at radius 2 is 0.785 bits per heavy atom. The quantitative estimate of drug-likeness (QED) is 0.0368. The molecule has 0 bridgehead atoms. The highest BCUT2D eigenvalue weighted by Gasteiger charge is 2.26. The van der Waals surface area contributed by atoms with Crippen LogP contribution in [0.2, 0.25) is 0 Å². The van der Waals surface area contributed by atoms with Gasteiger partial charge >= 0.3 is 23.9 Å². The van der Waals surface area contributed by atoms with Crippen molar-refractivity contribution in [3.05, 3.63) is 169 Å². The Balaban J connectivity index is 1.24. The Kier molecular flexibility index (Phi) is 18.7. The van der Waals surface area contributed by atoms with Gasteiger partial charge in [-0.15, -0.1) is 0 Å². The zero-order valence-corrected chi connectivity index (χ0v) is 37.6. The first kappa shape index (κ1) is 50.5. The van der Waals surface area contributed by atoms with Gasteiger partial charge < -0.3 is 43.0 Å². The van der Waals surface area contributed by atoms with E-state index in [9.17, 15) is 24.3 Å². The zero-order valence-electron chi connectivity index (χ0n) is 37.6. The van der Waals surface area contributed by atoms with Crippen molar-refractivity contribution in [3.8, 4) is 23.0 Å². The van der Waals surface area contributed by atoms with Crippen LogP contribution in [0.1, 0.15) is 56.9 Å². The minimum atomic E-state index is -0.883. The summed E-state index contributed by atoms with van der Waals surface area (Å²) in [6, 6.07) is 30.4. The number of carbonyl (C=O) groups is 4. The number of hydrogen-bond donors (Lipinski definition) is 1. The number of benzene rings is 4. The van der Waals surface area contributed by atoms with Gasteiger partial charge in [0.15, 0.2) is 12.2 Å². The molecule has 0 aromatic heterocycles. The fourth-order valence-corrected chi connectivity index (χ4v) is 6.20. The van der Waals surface area contributed by atoms with Gasteiger partial charge in [0.1, 0.15) is 68.7 Å². The molecule has 0 radical (unpaired) electrons. The summed E-state index contributed by atoms with van der Waals surface area (Å²) < 4.78 is 44.1. The number of aliphatic hydroxyl groups is 1. The van der Waals surface area contributed by atoms with E-state index in [4.69, 9.17) is 37.9 Å². The molecule has 0 fully saturated rings. The van der Waals surface area contributed by atoms with E-state index < -0.39 is 42.2 Å². The van der Waals surface area contributed by atoms with E-state index in [0.29, 0.717) is 23.0 Å². The molecule has 3 unspecified atom stereocenters. The molecular weight excluding hydrogens is 833 g/mol. The maximum absolute atomic E-state index is 11.8. The van der Waals surface area contributed by atoms with Gasteiger partial charge in [-0.25, -0.2) is 19.2 Å². The Bertz CT molecular complexity index is 2240. The van der Waals surface area contributed by atoms with Gasteiger partial charge in [0.2, 0.25) is 0 Å². The van der Waals surface area contributed by atoms with E-state index in [1.54, 1.807) is 0 Å². The number of ether oxygens (including phenoxy) is 8. The van der Waals surface area contributed by atoms with Crippen molar-refractivity contribution in [1.29, 1.82) is 0 Å². The third-order valence-corrected chi connectivity index (χ3v) is 10.3. The topological polar surface area (TPSA) is 162 Å². The van der Waals surface area contributed by atoms with Crippen molar-refractivity contribution in [1.82, 2.24) is 0 Å². The molecule has 0 aliphatic carbocycles. The lowest BCUT2D eigenvalue weighted by Crippen LogP contribution is -2.30. The Labute approximate surface area is 380 Å². The zero-order chi connectivity index (χ0) is 47.6. The minimum absolute atomic E-state index is 0.0302. The lowest BCUT2D eigenvalue weighted by Gasteiger charge is -2.27. The summed E-state index contributed by atoms with van der Waals surface area (Å²) in [6.45, 7) is 23.2. The lowest BCUT2D eigenvalue weighted by molar-refractivity contribution is -0.154. The molecule has 13 heteroatoms. The molecule has 1 N–H and O–H groups in total. The normalized spacial score (nSPS) is 12.5. The van der Waals surface area contributed by atoms with Crippen LogP contribution in [0.5, 0.6) is 23.0 Å². The van der Waals surface area contributed by atoms with Crippen LogP contribution in [0, 0.1) is 0 Å². The summed E-state index contributed by atoms with van der Waals surface area (Å²) in [4.78, 5) is 46.9. The molecule has 0 saturated heterocycles. The first-order chi connectivity index (χ1) is 30.9. The van der Waals surface area contributed by atoms with Crippen molar-refractivity contribution >= 4 is 23.9 Å². The molecule has 0 heterocycles. The fraction of sp³-hybridized carbons (Fsp3) is 0.308. The van der Waals surface area contributed by atoms with E-state index in [0.717, 1.165) is 40.5 Å². The molecule has 0 amide bonds. The van der Waals surface area contributed by atoms with Crippen molar-refractivity contribution in [3.63, 3.8) is 0 Å². The summed E-state index contributed by atoms with van der Waals surface area (Å²) in [5.74, 6) is -0.269. The van der Waals surface area contributed by atoms with Crippen LogP contribution in [0.4, 0.5) is 0 Å². The second-order valence-corrected chi connectivity index (χ2v) is 16.0. The van der Waals surface area contributed by atoms with Gasteiger partial charge in [0, 0.05) is 34.6 Å². The number of hydrogen-bond acceptors (Lipinski definition) is 13. The Morgan fingerprint density at radius 3 is 1.08 bits per heavy atom. The average Bonchev–Trinajstić information content (AvgIpc) is 3.31. The van der Waals surface area contributed by atoms with Gasteiger partial charge in [0.25, 0.3) is 0 Å². The third-order valence-electron chi connectivity index (χ3n) is 10.3. The Morgan fingerprint density at radius 1 is 0.492 bits per heavy atom. The molecule has 4 rings (SSSR count). The molecule has 0 spiro atoms. The largest absolute Gasteiger partial charge is 0.491 e. The highest BCUT2D eigenvalue weighted by molar-refractivity contribution is 5.87. The molecule has 0 aliphatic heterocycles. The molecular formula is C52H58O13. The maximum atomic E-state index is 11.8. The molecule has 13 nitrogen and oxygen atoms in total. The molecule has 3 atom stereocenters. The average molecular weight is 891 g/mol. The minimum Gasteiger partial charge on any atom is -0.491 e. The summed E-state index contributed by atoms with van der Waals surface area (Å²) >= 11 is 0. The first-order valence-electron chi connectivity index (χ1n) is 20.8. The van der Waals surface area contributed by atoms with Crippen LogP contribution in [0.3, 0.4) is 0 Å². The van der Waals surface area contributed by atoms with Crippen molar-refractivity contribution in [2.24, 2.45) is 0 Å². The summed E-state index contributed by atoms with van der Waals surface area (Å²) in [5.41, 5.74) is 3.60. The van der Waals surface area contributed by atoms with Gasteiger partial charge in [-0.05, 0) is 77.7 Å². The monoisotopic (exact) mass is 890 g/mol. The standard InChI is InChI=1S/C52H58O13/c1-10-47(54)62-33-45(64-48(55)11-2)31-60-43-25-17-38(18-26-43)51(6,7)36-13-21-41(22-14-36)58-29-40(53)30-59-42-23-15-37(16-24-42)52(8,9)39-19-27-44(28-20-39)61-32-46(65-49(56)12-3)34-63-50(57)35(4)5/h10-28,40,45-46,53H,1-4,29-34H2,5-9H3. The molecule has 0 saturated carbocycles. The number of esters is 4. The molecule has 0 aliphatic rings. The van der Waals surface area contributed by atoms with Crippen LogP contribution in [0.15, 0.2) is 147 Å². The van der Waals surface area contributed by atoms with Crippen LogP contribution >= 0.6 is 0 Å². The van der Waals surface area contributed by atoms with Crippen LogP contribution in [-0.2, 0) is 49.0 Å². The van der Waals surface area contributed by atoms with Gasteiger partial charge in [-0.2, -0.15) is 0 Å². The predicted octanol–water partition coefficient (Wildman–Crippen LogP) is 7.96. The smallest absolute Gasteiger partial charge is 0.333 e. The van der Waals surface area contributed by atoms with Crippen LogP contribution in [0.25, 0.3) is 0 Å². The highest BCUT2D eigenvalue weighted by Crippen LogP contribution is 2.35. The van der Waals surface area contributed by atoms with Crippen LogP contribution in [-0.4, -0.2) is 86.9 Å². The van der Waals surface area contributed by atoms with E-state index >= 15 is 0 Å². The van der Waals surface area contributed by atoms with E-state index in [-0.39, 0.29) is 56.0 Å². The highest BCUT2D eigenvalue weighted by atomic mass is 16.6. The van der Waals surface area contributed by atoms with Crippen molar-refractivity contribution in [2.75, 3.05) is 39.6 Å². The summed E-state index contributed by atoms with van der Waals surface area (Å²) in [5, 5.41) is 10.7. The Hall–Kier alpha value is -7.12. The third kappa shape index (κ3) is 15.6. The van der Waals surface area contributed by atoms with Gasteiger partial charge in [0.05, 0.1) is 0 Å². The maximum Gasteiger partial charge on any atom is 0.333 e. The van der Waals surface area contributed by atoms with E-state index in [2.05, 4.69) is 54.0 Å². The van der Waals surface area contributed by atoms with Crippen molar-refractivity contribution < 1.29 is 62.2 Å². The molecule has 344 valence electrons. The fourth-order valence-electron chi connectivity index (χ4n) is 6.20. The second-order valence-electron chi connectivity index (χ2n) is 16.0. The number of aliphatic hydroxyl groups excluding tert-OH is 1. The van der Waals surface area contributed by atoms with Crippen molar-refractivity contribution in [2.45, 2.75) is 63.8 Å². The molecule has 4 aromatic rings. The number of carbonyl (C=O) groups excluding carboxylic acids is 4. The van der Waals surface area contributed by atoms with E-state index in [1.165, 1.54) is 6.92 Å². The summed E-state index contributed by atoms with van der Waals surface area (Å²) in [7, 11) is 0. The lowest BCUT2D eigenvalue weighted by atomic mass is 9.78. The predicted molar refractivity (Wildman–Crippen MR) is 245 cm³/mol. The van der Waals surface area contributed by atoms with Crippen LogP contribution < -0.4 is 18.9 Å². The first-order valence-corrected chi connectivity index (χ1v) is 20.8. The molecule has 65 heavy (non-hydrogen) atoms. The van der Waals surface area contributed by atoms with E-state index in [1.807, 2.05) is 97.1 Å². The number of rotatable bonds is 26.